The Labute approximate surface area is 203 Å². The lowest BCUT2D eigenvalue weighted by molar-refractivity contribution is -0.119. The van der Waals surface area contributed by atoms with Gasteiger partial charge in [-0.15, -0.1) is 0 Å². The molecule has 2 N–H and O–H groups in total. The highest BCUT2D eigenvalue weighted by molar-refractivity contribution is 6.11. The number of ether oxygens (including phenoxy) is 4. The van der Waals surface area contributed by atoms with E-state index in [1.54, 1.807) is 25.0 Å². The van der Waals surface area contributed by atoms with Crippen molar-refractivity contribution in [3.63, 3.8) is 0 Å². The molecule has 0 saturated carbocycles. The fourth-order valence-electron chi connectivity index (χ4n) is 4.23. The zero-order valence-corrected chi connectivity index (χ0v) is 20.3. The van der Waals surface area contributed by atoms with Crippen LogP contribution in [0.3, 0.4) is 0 Å². The van der Waals surface area contributed by atoms with Crippen molar-refractivity contribution in [2.24, 2.45) is 5.92 Å². The molecule has 2 aromatic heterocycles. The predicted molar refractivity (Wildman–Crippen MR) is 131 cm³/mol. The fraction of sp³-hybridized carbons (Fsp3) is 0.400. The van der Waals surface area contributed by atoms with Gasteiger partial charge in [-0.3, -0.25) is 4.79 Å². The molecule has 0 aliphatic carbocycles. The normalized spacial score (nSPS) is 15.1. The van der Waals surface area contributed by atoms with E-state index in [-0.39, 0.29) is 17.5 Å². The second kappa shape index (κ2) is 10.6. The van der Waals surface area contributed by atoms with Crippen molar-refractivity contribution in [3.8, 4) is 11.5 Å². The van der Waals surface area contributed by atoms with E-state index >= 15 is 0 Å². The molecule has 1 amide bonds. The maximum atomic E-state index is 12.9. The molecular weight excluding hydrogens is 452 g/mol. The van der Waals surface area contributed by atoms with E-state index in [1.807, 2.05) is 31.2 Å². The molecule has 0 radical (unpaired) electrons. The molecule has 35 heavy (non-hydrogen) atoms. The number of rotatable bonds is 9. The molecule has 3 heterocycles. The Balaban J connectivity index is 1.69. The standard InChI is InChI=1S/C25H30N4O6/c1-5-29-22(25(31)34-4)21(28-24(30)16-8-9-35-14-16)19-10-17(13-27-23(19)29)26-12-15-6-7-18(32-2)11-20(15)33-3/h6-7,10-11,13,16,26H,5,8-9,12,14H2,1-4H3,(H,28,30). The first-order valence-corrected chi connectivity index (χ1v) is 11.4. The van der Waals surface area contributed by atoms with Crippen LogP contribution >= 0.6 is 0 Å². The highest BCUT2D eigenvalue weighted by Gasteiger charge is 2.29. The van der Waals surface area contributed by atoms with Gasteiger partial charge in [-0.05, 0) is 31.5 Å². The summed E-state index contributed by atoms with van der Waals surface area (Å²) in [4.78, 5) is 30.2. The van der Waals surface area contributed by atoms with Gasteiger partial charge in [0.05, 0.1) is 51.4 Å². The van der Waals surface area contributed by atoms with Crippen molar-refractivity contribution >= 4 is 34.3 Å². The first-order chi connectivity index (χ1) is 17.0. The van der Waals surface area contributed by atoms with Crippen molar-refractivity contribution in [2.75, 3.05) is 45.2 Å². The van der Waals surface area contributed by atoms with E-state index in [4.69, 9.17) is 18.9 Å². The van der Waals surface area contributed by atoms with E-state index in [0.717, 1.165) is 11.3 Å². The molecule has 1 atom stereocenters. The second-order valence-electron chi connectivity index (χ2n) is 8.14. The van der Waals surface area contributed by atoms with E-state index in [1.165, 1.54) is 7.11 Å². The van der Waals surface area contributed by atoms with Gasteiger partial charge in [0.2, 0.25) is 5.91 Å². The maximum absolute atomic E-state index is 12.9. The lowest BCUT2D eigenvalue weighted by atomic mass is 10.1. The van der Waals surface area contributed by atoms with Crippen LogP contribution in [0.2, 0.25) is 0 Å². The third-order valence-corrected chi connectivity index (χ3v) is 6.12. The second-order valence-corrected chi connectivity index (χ2v) is 8.14. The monoisotopic (exact) mass is 482 g/mol. The molecule has 10 heteroatoms. The number of nitrogens with zero attached hydrogens (tertiary/aromatic N) is 2. The quantitative estimate of drug-likeness (QED) is 0.446. The van der Waals surface area contributed by atoms with Gasteiger partial charge in [0.1, 0.15) is 17.1 Å². The fourth-order valence-corrected chi connectivity index (χ4v) is 4.23. The van der Waals surface area contributed by atoms with Gasteiger partial charge in [0.15, 0.2) is 5.69 Å². The van der Waals surface area contributed by atoms with Gasteiger partial charge < -0.3 is 34.1 Å². The Hall–Kier alpha value is -3.79. The number of esters is 1. The lowest BCUT2D eigenvalue weighted by Gasteiger charge is -2.12. The molecule has 0 bridgehead atoms. The Kier molecular flexibility index (Phi) is 7.40. The van der Waals surface area contributed by atoms with Gasteiger partial charge >= 0.3 is 5.97 Å². The number of anilines is 2. The van der Waals surface area contributed by atoms with Gasteiger partial charge in [-0.1, -0.05) is 0 Å². The van der Waals surface area contributed by atoms with Crippen molar-refractivity contribution in [3.05, 3.63) is 41.7 Å². The minimum atomic E-state index is -0.541. The van der Waals surface area contributed by atoms with Crippen LogP contribution in [0.25, 0.3) is 11.0 Å². The highest BCUT2D eigenvalue weighted by Crippen LogP contribution is 2.34. The number of nitrogens with one attached hydrogen (secondary N) is 2. The maximum Gasteiger partial charge on any atom is 0.356 e. The van der Waals surface area contributed by atoms with Crippen LogP contribution in [0.1, 0.15) is 29.4 Å². The molecule has 1 unspecified atom stereocenters. The summed E-state index contributed by atoms with van der Waals surface area (Å²) in [6, 6.07) is 7.49. The number of hydrogen-bond donors (Lipinski definition) is 2. The van der Waals surface area contributed by atoms with Crippen LogP contribution in [0, 0.1) is 5.92 Å². The van der Waals surface area contributed by atoms with Gasteiger partial charge in [-0.25, -0.2) is 9.78 Å². The van der Waals surface area contributed by atoms with E-state index in [0.29, 0.717) is 60.9 Å². The van der Waals surface area contributed by atoms with Crippen LogP contribution in [0.5, 0.6) is 11.5 Å². The number of aromatic nitrogens is 2. The van der Waals surface area contributed by atoms with Crippen molar-refractivity contribution in [1.82, 2.24) is 9.55 Å². The Morgan fingerprint density at radius 1 is 1.20 bits per heavy atom. The molecule has 10 nitrogen and oxygen atoms in total. The smallest absolute Gasteiger partial charge is 0.356 e. The molecule has 1 saturated heterocycles. The molecule has 1 aromatic carbocycles. The Morgan fingerprint density at radius 3 is 2.69 bits per heavy atom. The summed E-state index contributed by atoms with van der Waals surface area (Å²) in [7, 11) is 4.53. The molecule has 1 aliphatic heterocycles. The number of fused-ring (bicyclic) bond motifs is 1. The largest absolute Gasteiger partial charge is 0.497 e. The lowest BCUT2D eigenvalue weighted by Crippen LogP contribution is -2.24. The molecule has 3 aromatic rings. The summed E-state index contributed by atoms with van der Waals surface area (Å²) in [6.07, 6.45) is 2.34. The van der Waals surface area contributed by atoms with Crippen LogP contribution in [0.4, 0.5) is 11.4 Å². The average molecular weight is 483 g/mol. The number of carbonyl (C=O) groups excluding carboxylic acids is 2. The number of carbonyl (C=O) groups is 2. The summed E-state index contributed by atoms with van der Waals surface area (Å²) in [6.45, 7) is 3.77. The van der Waals surface area contributed by atoms with Gasteiger partial charge in [0, 0.05) is 36.7 Å². The molecular formula is C25H30N4O6. The minimum Gasteiger partial charge on any atom is -0.497 e. The number of methoxy groups -OCH3 is 3. The van der Waals surface area contributed by atoms with Gasteiger partial charge in [0.25, 0.3) is 0 Å². The molecule has 0 spiro atoms. The van der Waals surface area contributed by atoms with Gasteiger partial charge in [-0.2, -0.15) is 0 Å². The SMILES string of the molecule is CCn1c(C(=O)OC)c(NC(=O)C2CCOC2)c2cc(NCc3ccc(OC)cc3OC)cnc21. The van der Waals surface area contributed by atoms with Crippen LogP contribution in [-0.2, 0) is 27.4 Å². The van der Waals surface area contributed by atoms with E-state index in [2.05, 4.69) is 15.6 Å². The average Bonchev–Trinajstić information content (AvgIpc) is 3.53. The molecule has 1 fully saturated rings. The summed E-state index contributed by atoms with van der Waals surface area (Å²) >= 11 is 0. The summed E-state index contributed by atoms with van der Waals surface area (Å²) in [5.41, 5.74) is 2.89. The molecule has 1 aliphatic rings. The van der Waals surface area contributed by atoms with Crippen LogP contribution in [-0.4, -0.2) is 56.0 Å². The predicted octanol–water partition coefficient (Wildman–Crippen LogP) is 3.45. The molecule has 186 valence electrons. The topological polar surface area (TPSA) is 113 Å². The zero-order valence-electron chi connectivity index (χ0n) is 20.3. The molecule has 4 rings (SSSR count). The van der Waals surface area contributed by atoms with E-state index in [9.17, 15) is 9.59 Å². The first kappa shape index (κ1) is 24.3. The van der Waals surface area contributed by atoms with Crippen molar-refractivity contribution in [2.45, 2.75) is 26.4 Å². The Morgan fingerprint density at radius 2 is 2.03 bits per heavy atom. The van der Waals surface area contributed by atoms with Crippen LogP contribution < -0.4 is 20.1 Å². The zero-order chi connectivity index (χ0) is 24.9. The Bertz CT molecular complexity index is 1230. The van der Waals surface area contributed by atoms with Crippen molar-refractivity contribution < 1.29 is 28.5 Å². The van der Waals surface area contributed by atoms with Crippen molar-refractivity contribution in [1.29, 1.82) is 0 Å². The minimum absolute atomic E-state index is 0.191. The van der Waals surface area contributed by atoms with E-state index < -0.39 is 5.97 Å². The van der Waals surface area contributed by atoms with Crippen LogP contribution in [0.15, 0.2) is 30.5 Å². The summed E-state index contributed by atoms with van der Waals surface area (Å²) < 4.78 is 22.9. The third-order valence-electron chi connectivity index (χ3n) is 6.12. The number of hydrogen-bond acceptors (Lipinski definition) is 8. The number of benzene rings is 1. The number of aryl methyl sites for hydroxylation is 1. The first-order valence-electron chi connectivity index (χ1n) is 11.4. The summed E-state index contributed by atoms with van der Waals surface area (Å²) in [5, 5.41) is 6.95. The number of amides is 1. The third kappa shape index (κ3) is 4.88. The summed E-state index contributed by atoms with van der Waals surface area (Å²) in [5.74, 6) is 0.405. The highest BCUT2D eigenvalue weighted by atomic mass is 16.5. The number of pyridine rings is 1.